The highest BCUT2D eigenvalue weighted by atomic mass is 16.7. The topological polar surface area (TPSA) is 127 Å². The maximum absolute atomic E-state index is 10.1. The Kier molecular flexibility index (Phi) is 5.88. The van der Waals surface area contributed by atoms with Crippen molar-refractivity contribution in [3.05, 3.63) is 0 Å². The Morgan fingerprint density at radius 2 is 1.29 bits per heavy atom. The molecule has 8 atom stereocenters. The first-order valence-electron chi connectivity index (χ1n) is 6.66. The van der Waals surface area contributed by atoms with E-state index in [1.807, 2.05) is 0 Å². The molecule has 0 aromatic rings. The van der Waals surface area contributed by atoms with Crippen LogP contribution in [0.15, 0.2) is 0 Å². The minimum Gasteiger partial charge on any atom is -0.388 e. The molecule has 2 heterocycles. The predicted octanol–water partition coefficient (Wildman–Crippen LogP) is -2.81. The summed E-state index contributed by atoms with van der Waals surface area (Å²) in [5.74, 6) is 0. The molecule has 2 aliphatic heterocycles. The largest absolute Gasteiger partial charge is 0.388 e. The SMILES string of the molecule is CO[C@H]1OC[C@@H](O)[C@H](O[C@@H]2OC[C@@H](O)[C@H](OC)C2O)C1O. The standard InChI is InChI=1S/C12H22O9/c1-17-9-5(13)3-20-12(7(9)15)21-10-6(14)4-19-11(18-2)8(10)16/h5-16H,3-4H2,1-2H3/t5-,6-,7?,8?,9+,10+,11+,12+/m1/s1. The molecule has 9 nitrogen and oxygen atoms in total. The summed E-state index contributed by atoms with van der Waals surface area (Å²) in [5, 5.41) is 39.6. The molecule has 124 valence electrons. The lowest BCUT2D eigenvalue weighted by Gasteiger charge is -2.42. The Bertz CT molecular complexity index is 328. The fraction of sp³-hybridized carbons (Fsp3) is 1.00. The van der Waals surface area contributed by atoms with Gasteiger partial charge in [-0.1, -0.05) is 0 Å². The van der Waals surface area contributed by atoms with Gasteiger partial charge in [-0.3, -0.25) is 0 Å². The number of hydrogen-bond acceptors (Lipinski definition) is 9. The minimum atomic E-state index is -1.26. The van der Waals surface area contributed by atoms with Crippen molar-refractivity contribution >= 4 is 0 Å². The zero-order valence-corrected chi connectivity index (χ0v) is 11.9. The van der Waals surface area contributed by atoms with E-state index in [2.05, 4.69) is 0 Å². The first-order chi connectivity index (χ1) is 9.99. The van der Waals surface area contributed by atoms with Gasteiger partial charge in [-0.05, 0) is 0 Å². The van der Waals surface area contributed by atoms with Crippen LogP contribution in [-0.4, -0.2) is 97.1 Å². The number of hydrogen-bond donors (Lipinski definition) is 4. The third kappa shape index (κ3) is 3.52. The lowest BCUT2D eigenvalue weighted by molar-refractivity contribution is -0.333. The van der Waals surface area contributed by atoms with Crippen LogP contribution in [0.1, 0.15) is 0 Å². The van der Waals surface area contributed by atoms with Gasteiger partial charge in [0.15, 0.2) is 12.6 Å². The number of rotatable bonds is 4. The van der Waals surface area contributed by atoms with E-state index in [0.717, 1.165) is 0 Å². The molecular formula is C12H22O9. The van der Waals surface area contributed by atoms with Gasteiger partial charge in [0, 0.05) is 14.2 Å². The van der Waals surface area contributed by atoms with Crippen molar-refractivity contribution in [1.82, 2.24) is 0 Å². The van der Waals surface area contributed by atoms with Gasteiger partial charge in [0.1, 0.15) is 36.6 Å². The van der Waals surface area contributed by atoms with Gasteiger partial charge in [-0.25, -0.2) is 0 Å². The third-order valence-electron chi connectivity index (χ3n) is 3.65. The third-order valence-corrected chi connectivity index (χ3v) is 3.65. The van der Waals surface area contributed by atoms with Gasteiger partial charge in [0.05, 0.1) is 13.2 Å². The van der Waals surface area contributed by atoms with Crippen LogP contribution in [0, 0.1) is 0 Å². The summed E-state index contributed by atoms with van der Waals surface area (Å²) in [7, 11) is 2.70. The molecule has 0 aromatic carbocycles. The fourth-order valence-electron chi connectivity index (χ4n) is 2.49. The second-order valence-electron chi connectivity index (χ2n) is 5.06. The first-order valence-corrected chi connectivity index (χ1v) is 6.66. The smallest absolute Gasteiger partial charge is 0.186 e. The highest BCUT2D eigenvalue weighted by Crippen LogP contribution is 2.25. The summed E-state index contributed by atoms with van der Waals surface area (Å²) in [6.45, 7) is -0.178. The molecule has 0 radical (unpaired) electrons. The molecule has 0 amide bonds. The lowest BCUT2D eigenvalue weighted by Crippen LogP contribution is -2.60. The Morgan fingerprint density at radius 1 is 0.762 bits per heavy atom. The van der Waals surface area contributed by atoms with Crippen LogP contribution in [-0.2, 0) is 23.7 Å². The van der Waals surface area contributed by atoms with E-state index in [1.165, 1.54) is 14.2 Å². The average Bonchev–Trinajstić information content (AvgIpc) is 2.46. The number of ether oxygens (including phenoxy) is 5. The normalized spacial score (nSPS) is 48.3. The highest BCUT2D eigenvalue weighted by Gasteiger charge is 2.46. The quantitative estimate of drug-likeness (QED) is 0.435. The van der Waals surface area contributed by atoms with Crippen LogP contribution in [0.2, 0.25) is 0 Å². The van der Waals surface area contributed by atoms with Crippen molar-refractivity contribution in [2.45, 2.75) is 49.2 Å². The van der Waals surface area contributed by atoms with Crippen molar-refractivity contribution in [3.8, 4) is 0 Å². The van der Waals surface area contributed by atoms with E-state index in [9.17, 15) is 20.4 Å². The Morgan fingerprint density at radius 3 is 1.86 bits per heavy atom. The van der Waals surface area contributed by atoms with Crippen molar-refractivity contribution < 1.29 is 44.1 Å². The number of methoxy groups -OCH3 is 2. The summed E-state index contributed by atoms with van der Waals surface area (Å²) in [6, 6.07) is 0. The second kappa shape index (κ2) is 7.27. The molecule has 2 saturated heterocycles. The van der Waals surface area contributed by atoms with Crippen molar-refractivity contribution in [2.24, 2.45) is 0 Å². The molecule has 0 saturated carbocycles. The lowest BCUT2D eigenvalue weighted by atomic mass is 10.0. The Labute approximate surface area is 121 Å². The van der Waals surface area contributed by atoms with E-state index in [1.54, 1.807) is 0 Å². The molecule has 2 aliphatic rings. The maximum atomic E-state index is 10.1. The summed E-state index contributed by atoms with van der Waals surface area (Å²) >= 11 is 0. The monoisotopic (exact) mass is 310 g/mol. The van der Waals surface area contributed by atoms with Crippen LogP contribution in [0.5, 0.6) is 0 Å². The van der Waals surface area contributed by atoms with Gasteiger partial charge in [0.2, 0.25) is 0 Å². The molecule has 9 heteroatoms. The van der Waals surface area contributed by atoms with Crippen molar-refractivity contribution in [3.63, 3.8) is 0 Å². The van der Waals surface area contributed by atoms with Crippen LogP contribution in [0.4, 0.5) is 0 Å². The van der Waals surface area contributed by atoms with Crippen LogP contribution < -0.4 is 0 Å². The van der Waals surface area contributed by atoms with Gasteiger partial charge in [-0.2, -0.15) is 0 Å². The predicted molar refractivity (Wildman–Crippen MR) is 66.2 cm³/mol. The van der Waals surface area contributed by atoms with Gasteiger partial charge < -0.3 is 44.1 Å². The average molecular weight is 310 g/mol. The van der Waals surface area contributed by atoms with Gasteiger partial charge >= 0.3 is 0 Å². The van der Waals surface area contributed by atoms with E-state index in [4.69, 9.17) is 23.7 Å². The summed E-state index contributed by atoms with van der Waals surface area (Å²) in [6.07, 6.45) is -8.63. The molecule has 2 fully saturated rings. The molecule has 21 heavy (non-hydrogen) atoms. The van der Waals surface area contributed by atoms with E-state index in [-0.39, 0.29) is 13.2 Å². The summed E-state index contributed by atoms with van der Waals surface area (Å²) < 4.78 is 25.7. The first kappa shape index (κ1) is 17.0. The van der Waals surface area contributed by atoms with E-state index >= 15 is 0 Å². The van der Waals surface area contributed by atoms with Crippen LogP contribution >= 0.6 is 0 Å². The zero-order valence-electron chi connectivity index (χ0n) is 11.9. The van der Waals surface area contributed by atoms with E-state index < -0.39 is 49.2 Å². The number of aliphatic hydroxyl groups excluding tert-OH is 4. The number of aliphatic hydroxyl groups is 4. The minimum absolute atomic E-state index is 0.0839. The molecule has 0 aromatic heterocycles. The fourth-order valence-corrected chi connectivity index (χ4v) is 2.49. The maximum Gasteiger partial charge on any atom is 0.186 e. The molecule has 2 rings (SSSR count). The molecule has 0 spiro atoms. The second-order valence-corrected chi connectivity index (χ2v) is 5.06. The molecule has 0 bridgehead atoms. The van der Waals surface area contributed by atoms with Crippen molar-refractivity contribution in [1.29, 1.82) is 0 Å². The highest BCUT2D eigenvalue weighted by molar-refractivity contribution is 4.88. The molecular weight excluding hydrogens is 288 g/mol. The Balaban J connectivity index is 2.02. The van der Waals surface area contributed by atoms with Gasteiger partial charge in [-0.15, -0.1) is 0 Å². The van der Waals surface area contributed by atoms with Gasteiger partial charge in [0.25, 0.3) is 0 Å². The summed E-state index contributed by atoms with van der Waals surface area (Å²) in [5.41, 5.74) is 0. The molecule has 0 aliphatic carbocycles. The van der Waals surface area contributed by atoms with Crippen LogP contribution in [0.25, 0.3) is 0 Å². The zero-order chi connectivity index (χ0) is 15.6. The Hall–Kier alpha value is -0.360. The molecule has 4 N–H and O–H groups in total. The van der Waals surface area contributed by atoms with Crippen LogP contribution in [0.3, 0.4) is 0 Å². The van der Waals surface area contributed by atoms with Crippen molar-refractivity contribution in [2.75, 3.05) is 27.4 Å². The molecule has 2 unspecified atom stereocenters. The summed E-state index contributed by atoms with van der Waals surface area (Å²) in [4.78, 5) is 0. The van der Waals surface area contributed by atoms with E-state index in [0.29, 0.717) is 0 Å².